The van der Waals surface area contributed by atoms with Crippen LogP contribution in [0, 0.1) is 0 Å². The van der Waals surface area contributed by atoms with Gasteiger partial charge in [0, 0.05) is 36.3 Å². The summed E-state index contributed by atoms with van der Waals surface area (Å²) in [6.45, 7) is 2.99. The third-order valence-corrected chi connectivity index (χ3v) is 4.67. The van der Waals surface area contributed by atoms with Crippen molar-refractivity contribution in [1.82, 2.24) is 14.9 Å². The molecule has 21 heavy (non-hydrogen) atoms. The molecule has 1 saturated heterocycles. The number of nitrogens with one attached hydrogen (secondary N) is 1. The van der Waals surface area contributed by atoms with E-state index in [2.05, 4.69) is 39.3 Å². The molecule has 4 rings (SSSR count). The Morgan fingerprint density at radius 2 is 2.19 bits per heavy atom. The second kappa shape index (κ2) is 5.53. The number of hydrogen-bond acceptors (Lipinski definition) is 3. The molecule has 2 unspecified atom stereocenters. The number of para-hydroxylation sites is 1. The molecule has 0 spiro atoms. The standard InChI is InChI=1S/C17H21N3O/c1-2-6-17-14(5-1)15(7-9-21-17)20-12-19-11-16(20)13-4-3-8-18-10-13/h1-2,5-6,11-13,15,18H,3-4,7-10H2. The first-order valence-corrected chi connectivity index (χ1v) is 7.87. The molecular weight excluding hydrogens is 262 g/mol. The number of ether oxygens (including phenoxy) is 1. The average Bonchev–Trinajstić information content (AvgIpc) is 3.04. The van der Waals surface area contributed by atoms with Crippen molar-refractivity contribution in [3.8, 4) is 5.75 Å². The van der Waals surface area contributed by atoms with Crippen molar-refractivity contribution in [3.05, 3.63) is 48.0 Å². The first-order chi connectivity index (χ1) is 10.4. The molecule has 0 amide bonds. The van der Waals surface area contributed by atoms with Gasteiger partial charge in [0.25, 0.3) is 0 Å². The summed E-state index contributed by atoms with van der Waals surface area (Å²) >= 11 is 0. The maximum atomic E-state index is 5.79. The van der Waals surface area contributed by atoms with Crippen molar-refractivity contribution in [2.75, 3.05) is 19.7 Å². The van der Waals surface area contributed by atoms with E-state index in [4.69, 9.17) is 4.74 Å². The molecular formula is C17H21N3O. The summed E-state index contributed by atoms with van der Waals surface area (Å²) in [6, 6.07) is 8.75. The number of piperidine rings is 1. The average molecular weight is 283 g/mol. The SMILES string of the molecule is c1ccc2c(c1)OCCC2n1cncc1C1CCCNC1. The third kappa shape index (κ3) is 2.33. The molecule has 2 atom stereocenters. The summed E-state index contributed by atoms with van der Waals surface area (Å²) < 4.78 is 8.17. The summed E-state index contributed by atoms with van der Waals surface area (Å²) in [5, 5.41) is 3.51. The lowest BCUT2D eigenvalue weighted by atomic mass is 9.94. The monoisotopic (exact) mass is 283 g/mol. The van der Waals surface area contributed by atoms with E-state index in [-0.39, 0.29) is 0 Å². The van der Waals surface area contributed by atoms with Crippen LogP contribution in [0.1, 0.15) is 42.5 Å². The number of rotatable bonds is 2. The number of imidazole rings is 1. The third-order valence-electron chi connectivity index (χ3n) is 4.67. The molecule has 1 aromatic carbocycles. The van der Waals surface area contributed by atoms with E-state index in [1.54, 1.807) is 0 Å². The van der Waals surface area contributed by atoms with Crippen molar-refractivity contribution < 1.29 is 4.74 Å². The van der Waals surface area contributed by atoms with Crippen LogP contribution in [0.3, 0.4) is 0 Å². The van der Waals surface area contributed by atoms with Crippen LogP contribution in [0.5, 0.6) is 5.75 Å². The Labute approximate surface area is 125 Å². The highest BCUT2D eigenvalue weighted by atomic mass is 16.5. The van der Waals surface area contributed by atoms with E-state index in [1.165, 1.54) is 24.1 Å². The van der Waals surface area contributed by atoms with Gasteiger partial charge in [0.2, 0.25) is 0 Å². The Morgan fingerprint density at radius 1 is 1.24 bits per heavy atom. The highest BCUT2D eigenvalue weighted by Gasteiger charge is 2.27. The number of fused-ring (bicyclic) bond motifs is 1. The van der Waals surface area contributed by atoms with Crippen molar-refractivity contribution in [2.45, 2.75) is 31.2 Å². The van der Waals surface area contributed by atoms with Gasteiger partial charge in [0.1, 0.15) is 5.75 Å². The predicted octanol–water partition coefficient (Wildman–Crippen LogP) is 2.72. The lowest BCUT2D eigenvalue weighted by molar-refractivity contribution is 0.253. The lowest BCUT2D eigenvalue weighted by Crippen LogP contribution is -2.30. The molecule has 1 fully saturated rings. The zero-order valence-corrected chi connectivity index (χ0v) is 12.2. The van der Waals surface area contributed by atoms with Crippen molar-refractivity contribution in [2.24, 2.45) is 0 Å². The van der Waals surface area contributed by atoms with Gasteiger partial charge in [-0.25, -0.2) is 4.98 Å². The van der Waals surface area contributed by atoms with Gasteiger partial charge in [0.15, 0.2) is 0 Å². The molecule has 0 radical (unpaired) electrons. The fourth-order valence-electron chi connectivity index (χ4n) is 3.61. The number of benzene rings is 1. The van der Waals surface area contributed by atoms with Crippen LogP contribution in [-0.4, -0.2) is 29.2 Å². The predicted molar refractivity (Wildman–Crippen MR) is 81.8 cm³/mol. The maximum absolute atomic E-state index is 5.79. The Balaban J connectivity index is 1.70. The molecule has 3 heterocycles. The molecule has 0 saturated carbocycles. The van der Waals surface area contributed by atoms with E-state index < -0.39 is 0 Å². The Hall–Kier alpha value is -1.81. The first kappa shape index (κ1) is 12.9. The topological polar surface area (TPSA) is 39.1 Å². The Morgan fingerprint density at radius 3 is 3.10 bits per heavy atom. The fraction of sp³-hybridized carbons (Fsp3) is 0.471. The van der Waals surface area contributed by atoms with Gasteiger partial charge in [0.05, 0.1) is 19.0 Å². The first-order valence-electron chi connectivity index (χ1n) is 7.87. The zero-order valence-electron chi connectivity index (χ0n) is 12.2. The molecule has 2 aliphatic heterocycles. The Kier molecular flexibility index (Phi) is 3.39. The molecule has 4 heteroatoms. The zero-order chi connectivity index (χ0) is 14.1. The summed E-state index contributed by atoms with van der Waals surface area (Å²) in [7, 11) is 0. The van der Waals surface area contributed by atoms with Gasteiger partial charge in [-0.05, 0) is 25.5 Å². The highest BCUT2D eigenvalue weighted by Crippen LogP contribution is 2.36. The molecule has 2 aromatic rings. The minimum Gasteiger partial charge on any atom is -0.493 e. The molecule has 1 aromatic heterocycles. The largest absolute Gasteiger partial charge is 0.493 e. The normalized spacial score (nSPS) is 25.1. The van der Waals surface area contributed by atoms with Crippen molar-refractivity contribution in [3.63, 3.8) is 0 Å². The van der Waals surface area contributed by atoms with Gasteiger partial charge in [-0.2, -0.15) is 0 Å². The number of hydrogen-bond donors (Lipinski definition) is 1. The Bertz CT molecular complexity index is 616. The van der Waals surface area contributed by atoms with Gasteiger partial charge in [-0.1, -0.05) is 18.2 Å². The van der Waals surface area contributed by atoms with Crippen LogP contribution in [-0.2, 0) is 0 Å². The van der Waals surface area contributed by atoms with Crippen LogP contribution < -0.4 is 10.1 Å². The molecule has 2 aliphatic rings. The van der Waals surface area contributed by atoms with E-state index in [1.807, 2.05) is 12.4 Å². The maximum Gasteiger partial charge on any atom is 0.124 e. The number of nitrogens with zero attached hydrogens (tertiary/aromatic N) is 2. The minimum absolute atomic E-state index is 0.356. The van der Waals surface area contributed by atoms with Gasteiger partial charge >= 0.3 is 0 Å². The second-order valence-corrected chi connectivity index (χ2v) is 5.96. The number of aromatic nitrogens is 2. The molecule has 110 valence electrons. The lowest BCUT2D eigenvalue weighted by Gasteiger charge is -2.31. The van der Waals surface area contributed by atoms with Crippen LogP contribution in [0.2, 0.25) is 0 Å². The smallest absolute Gasteiger partial charge is 0.124 e. The second-order valence-electron chi connectivity index (χ2n) is 5.96. The molecule has 1 N–H and O–H groups in total. The molecule has 0 bridgehead atoms. The van der Waals surface area contributed by atoms with Crippen molar-refractivity contribution >= 4 is 0 Å². The summed E-state index contributed by atoms with van der Waals surface area (Å²) in [4.78, 5) is 4.44. The molecule has 4 nitrogen and oxygen atoms in total. The summed E-state index contributed by atoms with van der Waals surface area (Å²) in [6.07, 6.45) is 7.57. The summed E-state index contributed by atoms with van der Waals surface area (Å²) in [5.74, 6) is 1.60. The summed E-state index contributed by atoms with van der Waals surface area (Å²) in [5.41, 5.74) is 2.65. The van der Waals surface area contributed by atoms with Gasteiger partial charge < -0.3 is 14.6 Å². The highest BCUT2D eigenvalue weighted by molar-refractivity contribution is 5.38. The fourth-order valence-corrected chi connectivity index (χ4v) is 3.61. The van der Waals surface area contributed by atoms with Crippen molar-refractivity contribution in [1.29, 1.82) is 0 Å². The van der Waals surface area contributed by atoms with E-state index in [0.29, 0.717) is 12.0 Å². The van der Waals surface area contributed by atoms with Crippen LogP contribution in [0.15, 0.2) is 36.8 Å². The van der Waals surface area contributed by atoms with Gasteiger partial charge in [-0.3, -0.25) is 0 Å². The van der Waals surface area contributed by atoms with E-state index in [0.717, 1.165) is 31.9 Å². The van der Waals surface area contributed by atoms with Gasteiger partial charge in [-0.15, -0.1) is 0 Å². The van der Waals surface area contributed by atoms with E-state index in [9.17, 15) is 0 Å². The minimum atomic E-state index is 0.356. The van der Waals surface area contributed by atoms with Crippen LogP contribution in [0.25, 0.3) is 0 Å². The van der Waals surface area contributed by atoms with Crippen LogP contribution in [0.4, 0.5) is 0 Å². The molecule has 0 aliphatic carbocycles. The quantitative estimate of drug-likeness (QED) is 0.921. The van der Waals surface area contributed by atoms with Crippen LogP contribution >= 0.6 is 0 Å². The van der Waals surface area contributed by atoms with E-state index >= 15 is 0 Å².